The van der Waals surface area contributed by atoms with Gasteiger partial charge in [0.15, 0.2) is 11.1 Å². The van der Waals surface area contributed by atoms with Crippen LogP contribution in [0.15, 0.2) is 10.4 Å². The van der Waals surface area contributed by atoms with E-state index in [2.05, 4.69) is 37.8 Å². The van der Waals surface area contributed by atoms with Crippen LogP contribution in [0.5, 0.6) is 0 Å². The molecule has 0 unspecified atom stereocenters. The quantitative estimate of drug-likeness (QED) is 0.219. The average Bonchev–Trinajstić information content (AvgIpc) is 3.12. The largest absolute Gasteiger partial charge is 0.357 e. The second kappa shape index (κ2) is 14.4. The molecule has 27 heavy (non-hydrogen) atoms. The fourth-order valence-corrected chi connectivity index (χ4v) is 3.85. The van der Waals surface area contributed by atoms with Crippen LogP contribution in [0.1, 0.15) is 51.1 Å². The molecule has 156 valence electrons. The number of halogens is 1. The highest BCUT2D eigenvalue weighted by Gasteiger charge is 2.08. The molecule has 8 heteroatoms. The Kier molecular flexibility index (Phi) is 13.0. The van der Waals surface area contributed by atoms with Crippen LogP contribution in [0.2, 0.25) is 0 Å². The molecule has 1 aromatic heterocycles. The average molecular weight is 509 g/mol. The molecule has 0 amide bonds. The van der Waals surface area contributed by atoms with E-state index in [4.69, 9.17) is 0 Å². The summed E-state index contributed by atoms with van der Waals surface area (Å²) in [7, 11) is 4.03. The number of rotatable bonds is 10. The van der Waals surface area contributed by atoms with E-state index in [-0.39, 0.29) is 24.0 Å². The van der Waals surface area contributed by atoms with Gasteiger partial charge in [0.2, 0.25) is 0 Å². The highest BCUT2D eigenvalue weighted by Crippen LogP contribution is 2.18. The number of hydrogen-bond donors (Lipinski definition) is 2. The number of hydrogen-bond acceptors (Lipinski definition) is 5. The smallest absolute Gasteiger partial charge is 0.191 e. The molecule has 2 heterocycles. The molecule has 0 bridgehead atoms. The minimum Gasteiger partial charge on any atom is -0.357 e. The van der Waals surface area contributed by atoms with Crippen molar-refractivity contribution in [2.75, 3.05) is 51.7 Å². The third-order valence-corrected chi connectivity index (χ3v) is 5.62. The van der Waals surface area contributed by atoms with Crippen molar-refractivity contribution in [1.82, 2.24) is 20.5 Å². The molecule has 0 radical (unpaired) electrons. The minimum absolute atomic E-state index is 0. The summed E-state index contributed by atoms with van der Waals surface area (Å²) < 4.78 is 0. The number of aliphatic imine (C=N–C) groups is 1. The summed E-state index contributed by atoms with van der Waals surface area (Å²) >= 11 is 1.66. The van der Waals surface area contributed by atoms with Crippen LogP contribution < -0.4 is 15.5 Å². The number of thiazole rings is 1. The van der Waals surface area contributed by atoms with Crippen LogP contribution in [0, 0.1) is 0 Å². The summed E-state index contributed by atoms with van der Waals surface area (Å²) in [6.45, 7) is 8.46. The Morgan fingerprint density at radius 3 is 2.63 bits per heavy atom. The molecule has 1 aromatic rings. The summed E-state index contributed by atoms with van der Waals surface area (Å²) in [4.78, 5) is 13.9. The van der Waals surface area contributed by atoms with Gasteiger partial charge in [-0.2, -0.15) is 0 Å². The summed E-state index contributed by atoms with van der Waals surface area (Å²) in [5.41, 5.74) is 1.03. The molecule has 6 nitrogen and oxygen atoms in total. The molecule has 0 atom stereocenters. The van der Waals surface area contributed by atoms with Crippen LogP contribution in [-0.4, -0.2) is 62.7 Å². The Morgan fingerprint density at radius 1 is 1.19 bits per heavy atom. The zero-order chi connectivity index (χ0) is 18.6. The molecule has 1 saturated heterocycles. The monoisotopic (exact) mass is 508 g/mol. The van der Waals surface area contributed by atoms with E-state index < -0.39 is 0 Å². The Hall–Kier alpha value is -0.610. The van der Waals surface area contributed by atoms with Crippen LogP contribution in [0.25, 0.3) is 0 Å². The van der Waals surface area contributed by atoms with Crippen LogP contribution in [0.3, 0.4) is 0 Å². The lowest BCUT2D eigenvalue weighted by atomic mass is 10.1. The maximum atomic E-state index is 4.66. The molecule has 0 aliphatic carbocycles. The first-order valence-corrected chi connectivity index (χ1v) is 10.9. The van der Waals surface area contributed by atoms with E-state index in [9.17, 15) is 0 Å². The van der Waals surface area contributed by atoms with E-state index >= 15 is 0 Å². The number of nitrogens with one attached hydrogen (secondary N) is 2. The fraction of sp³-hybridized carbons (Fsp3) is 0.789. The van der Waals surface area contributed by atoms with E-state index in [1.54, 1.807) is 11.3 Å². The first-order chi connectivity index (χ1) is 12.7. The topological polar surface area (TPSA) is 55.8 Å². The first kappa shape index (κ1) is 24.4. The zero-order valence-electron chi connectivity index (χ0n) is 17.2. The van der Waals surface area contributed by atoms with Crippen molar-refractivity contribution in [3.63, 3.8) is 0 Å². The number of guanidine groups is 1. The fourth-order valence-electron chi connectivity index (χ4n) is 3.10. The third-order valence-electron chi connectivity index (χ3n) is 4.56. The maximum Gasteiger partial charge on any atom is 0.191 e. The molecule has 0 spiro atoms. The van der Waals surface area contributed by atoms with E-state index in [0.29, 0.717) is 6.54 Å². The van der Waals surface area contributed by atoms with Crippen LogP contribution >= 0.6 is 35.3 Å². The Bertz CT molecular complexity index is 528. The highest BCUT2D eigenvalue weighted by molar-refractivity contribution is 14.0. The molecular weight excluding hydrogens is 471 g/mol. The van der Waals surface area contributed by atoms with Crippen molar-refractivity contribution < 1.29 is 0 Å². The van der Waals surface area contributed by atoms with Crippen LogP contribution in [-0.2, 0) is 6.54 Å². The van der Waals surface area contributed by atoms with Gasteiger partial charge in [0.1, 0.15) is 0 Å². The number of nitrogens with zero attached hydrogens (tertiary/aromatic N) is 4. The summed E-state index contributed by atoms with van der Waals surface area (Å²) in [6, 6.07) is 0. The molecule has 1 fully saturated rings. The number of aromatic nitrogens is 1. The predicted octanol–water partition coefficient (Wildman–Crippen LogP) is 3.54. The molecule has 1 aliphatic rings. The van der Waals surface area contributed by atoms with E-state index in [1.807, 2.05) is 19.0 Å². The summed E-state index contributed by atoms with van der Waals surface area (Å²) in [5.74, 6) is 0.892. The van der Waals surface area contributed by atoms with Crippen molar-refractivity contribution in [2.24, 2.45) is 4.99 Å². The normalized spacial score (nSPS) is 15.3. The summed E-state index contributed by atoms with van der Waals surface area (Å²) in [5, 5.41) is 9.89. The van der Waals surface area contributed by atoms with Gasteiger partial charge in [-0.1, -0.05) is 12.8 Å². The minimum atomic E-state index is 0. The van der Waals surface area contributed by atoms with Crippen molar-refractivity contribution in [3.05, 3.63) is 11.1 Å². The predicted molar refractivity (Wildman–Crippen MR) is 129 cm³/mol. The van der Waals surface area contributed by atoms with Gasteiger partial charge in [0.25, 0.3) is 0 Å². The molecular formula is C19H37IN6S. The van der Waals surface area contributed by atoms with Gasteiger partial charge in [-0.3, -0.25) is 0 Å². The standard InChI is InChI=1S/C19H36N6S.HI/c1-4-20-18(22-15-17-16-26-19(23-17)24(2)3)21-11-7-5-8-12-25-13-9-6-10-14-25;/h16H,4-15H2,1-3H3,(H2,20,21,22);1H. The van der Waals surface area contributed by atoms with Gasteiger partial charge in [0, 0.05) is 32.6 Å². The second-order valence-electron chi connectivity index (χ2n) is 7.10. The van der Waals surface area contributed by atoms with Crippen LogP contribution in [0.4, 0.5) is 5.13 Å². The lowest BCUT2D eigenvalue weighted by molar-refractivity contribution is 0.224. The van der Waals surface area contributed by atoms with Gasteiger partial charge in [-0.15, -0.1) is 35.3 Å². The Balaban J connectivity index is 0.00000364. The Morgan fingerprint density at radius 2 is 1.96 bits per heavy atom. The van der Waals surface area contributed by atoms with Gasteiger partial charge in [0.05, 0.1) is 12.2 Å². The van der Waals surface area contributed by atoms with Crippen molar-refractivity contribution in [3.8, 4) is 0 Å². The lowest BCUT2D eigenvalue weighted by Crippen LogP contribution is -2.37. The maximum absolute atomic E-state index is 4.66. The number of anilines is 1. The van der Waals surface area contributed by atoms with Gasteiger partial charge in [-0.05, 0) is 52.2 Å². The van der Waals surface area contributed by atoms with Crippen molar-refractivity contribution in [2.45, 2.75) is 52.0 Å². The van der Waals surface area contributed by atoms with E-state index in [0.717, 1.165) is 29.9 Å². The van der Waals surface area contributed by atoms with Crippen molar-refractivity contribution in [1.29, 1.82) is 0 Å². The molecule has 0 saturated carbocycles. The number of unbranched alkanes of at least 4 members (excludes halogenated alkanes) is 2. The molecule has 1 aliphatic heterocycles. The second-order valence-corrected chi connectivity index (χ2v) is 7.94. The SMILES string of the molecule is CCNC(=NCc1csc(N(C)C)n1)NCCCCCN1CCCCC1.I. The highest BCUT2D eigenvalue weighted by atomic mass is 127. The Labute approximate surface area is 186 Å². The van der Waals surface area contributed by atoms with Crippen molar-refractivity contribution >= 4 is 46.4 Å². The third kappa shape index (κ3) is 9.94. The molecule has 2 N–H and O–H groups in total. The van der Waals surface area contributed by atoms with Gasteiger partial charge >= 0.3 is 0 Å². The van der Waals surface area contributed by atoms with Gasteiger partial charge < -0.3 is 20.4 Å². The first-order valence-electron chi connectivity index (χ1n) is 10.1. The van der Waals surface area contributed by atoms with Gasteiger partial charge in [-0.25, -0.2) is 9.98 Å². The molecule has 0 aromatic carbocycles. The molecule has 2 rings (SSSR count). The zero-order valence-corrected chi connectivity index (χ0v) is 20.3. The lowest BCUT2D eigenvalue weighted by Gasteiger charge is -2.26. The number of likely N-dealkylation sites (tertiary alicyclic amines) is 1. The number of piperidine rings is 1. The van der Waals surface area contributed by atoms with E-state index in [1.165, 1.54) is 58.2 Å². The summed E-state index contributed by atoms with van der Waals surface area (Å²) in [6.07, 6.45) is 7.98.